The van der Waals surface area contributed by atoms with E-state index in [4.69, 9.17) is 5.26 Å². The Morgan fingerprint density at radius 1 is 1.47 bits per heavy atom. The second kappa shape index (κ2) is 4.37. The highest BCUT2D eigenvalue weighted by atomic mass is 19.1. The first-order chi connectivity index (χ1) is 8.00. The highest BCUT2D eigenvalue weighted by Gasteiger charge is 2.31. The van der Waals surface area contributed by atoms with Gasteiger partial charge < -0.3 is 5.32 Å². The summed E-state index contributed by atoms with van der Waals surface area (Å²) in [4.78, 5) is 0. The predicted octanol–water partition coefficient (Wildman–Crippen LogP) is 3.69. The molecular formula is C14H17FN2. The van der Waals surface area contributed by atoms with Gasteiger partial charge in [-0.3, -0.25) is 0 Å². The Morgan fingerprint density at radius 2 is 2.24 bits per heavy atom. The SMILES string of the molecule is CC1(C)CCC(Nc2ccc(C#N)cc2F)C1. The molecule has 17 heavy (non-hydrogen) atoms. The number of nitrogens with zero attached hydrogens (tertiary/aromatic N) is 1. The van der Waals surface area contributed by atoms with E-state index in [1.807, 2.05) is 6.07 Å². The quantitative estimate of drug-likeness (QED) is 0.844. The molecule has 1 atom stereocenters. The Balaban J connectivity index is 2.08. The van der Waals surface area contributed by atoms with Gasteiger partial charge in [0.1, 0.15) is 5.82 Å². The number of hydrogen-bond acceptors (Lipinski definition) is 2. The van der Waals surface area contributed by atoms with Crippen LogP contribution >= 0.6 is 0 Å². The van der Waals surface area contributed by atoms with Crippen molar-refractivity contribution in [1.29, 1.82) is 5.26 Å². The largest absolute Gasteiger partial charge is 0.380 e. The molecule has 0 amide bonds. The molecule has 1 unspecified atom stereocenters. The van der Waals surface area contributed by atoms with Crippen LogP contribution in [-0.2, 0) is 0 Å². The van der Waals surface area contributed by atoms with Crippen LogP contribution in [-0.4, -0.2) is 6.04 Å². The van der Waals surface area contributed by atoms with Crippen LogP contribution in [0.15, 0.2) is 18.2 Å². The lowest BCUT2D eigenvalue weighted by atomic mass is 9.92. The van der Waals surface area contributed by atoms with E-state index in [2.05, 4.69) is 19.2 Å². The molecule has 2 rings (SSSR count). The average Bonchev–Trinajstić information content (AvgIpc) is 2.61. The first-order valence-corrected chi connectivity index (χ1v) is 5.96. The summed E-state index contributed by atoms with van der Waals surface area (Å²) in [6, 6.07) is 6.85. The fourth-order valence-electron chi connectivity index (χ4n) is 2.48. The smallest absolute Gasteiger partial charge is 0.147 e. The van der Waals surface area contributed by atoms with Gasteiger partial charge in [0.2, 0.25) is 0 Å². The first kappa shape index (κ1) is 11.9. The predicted molar refractivity (Wildman–Crippen MR) is 66.2 cm³/mol. The van der Waals surface area contributed by atoms with Crippen LogP contribution in [0.5, 0.6) is 0 Å². The number of nitriles is 1. The molecule has 0 bridgehead atoms. The maximum atomic E-state index is 13.7. The van der Waals surface area contributed by atoms with Gasteiger partial charge >= 0.3 is 0 Å². The molecule has 1 N–H and O–H groups in total. The third kappa shape index (κ3) is 2.76. The zero-order valence-electron chi connectivity index (χ0n) is 10.3. The number of anilines is 1. The summed E-state index contributed by atoms with van der Waals surface area (Å²) < 4.78 is 13.7. The Bertz CT molecular complexity index is 460. The van der Waals surface area contributed by atoms with E-state index in [0.29, 0.717) is 22.7 Å². The van der Waals surface area contributed by atoms with E-state index in [1.165, 1.54) is 12.5 Å². The fourth-order valence-corrected chi connectivity index (χ4v) is 2.48. The van der Waals surface area contributed by atoms with Gasteiger partial charge in [-0.2, -0.15) is 5.26 Å². The topological polar surface area (TPSA) is 35.8 Å². The van der Waals surface area contributed by atoms with Gasteiger partial charge in [0.25, 0.3) is 0 Å². The van der Waals surface area contributed by atoms with Gasteiger partial charge in [0.15, 0.2) is 0 Å². The van der Waals surface area contributed by atoms with E-state index in [0.717, 1.165) is 12.8 Å². The monoisotopic (exact) mass is 232 g/mol. The van der Waals surface area contributed by atoms with Crippen LogP contribution in [0.25, 0.3) is 0 Å². The number of nitrogens with one attached hydrogen (secondary N) is 1. The fraction of sp³-hybridized carbons (Fsp3) is 0.500. The molecule has 0 spiro atoms. The highest BCUT2D eigenvalue weighted by molar-refractivity contribution is 5.49. The molecule has 1 aliphatic carbocycles. The van der Waals surface area contributed by atoms with Gasteiger partial charge in [-0.05, 0) is 42.9 Å². The minimum absolute atomic E-state index is 0.339. The normalized spacial score (nSPS) is 22.1. The van der Waals surface area contributed by atoms with Crippen LogP contribution in [0, 0.1) is 22.6 Å². The molecule has 1 aromatic carbocycles. The van der Waals surface area contributed by atoms with Crippen molar-refractivity contribution < 1.29 is 4.39 Å². The van der Waals surface area contributed by atoms with E-state index in [9.17, 15) is 4.39 Å². The second-order valence-corrected chi connectivity index (χ2v) is 5.55. The van der Waals surface area contributed by atoms with Crippen LogP contribution < -0.4 is 5.32 Å². The standard InChI is InChI=1S/C14H17FN2/c1-14(2)6-5-11(8-14)17-13-4-3-10(9-16)7-12(13)15/h3-4,7,11,17H,5-6,8H2,1-2H3. The summed E-state index contributed by atoms with van der Waals surface area (Å²) in [6.45, 7) is 4.48. The van der Waals surface area contributed by atoms with E-state index in [-0.39, 0.29) is 5.82 Å². The summed E-state index contributed by atoms with van der Waals surface area (Å²) >= 11 is 0. The lowest BCUT2D eigenvalue weighted by molar-refractivity contribution is 0.378. The Kier molecular flexibility index (Phi) is 3.06. The van der Waals surface area contributed by atoms with Crippen LogP contribution in [0.2, 0.25) is 0 Å². The van der Waals surface area contributed by atoms with Crippen molar-refractivity contribution in [3.8, 4) is 6.07 Å². The molecule has 1 saturated carbocycles. The zero-order chi connectivity index (χ0) is 12.5. The summed E-state index contributed by atoms with van der Waals surface area (Å²) in [6.07, 6.45) is 3.31. The summed E-state index contributed by atoms with van der Waals surface area (Å²) in [5.41, 5.74) is 1.22. The summed E-state index contributed by atoms with van der Waals surface area (Å²) in [5.74, 6) is -0.339. The van der Waals surface area contributed by atoms with Crippen molar-refractivity contribution >= 4 is 5.69 Å². The van der Waals surface area contributed by atoms with E-state index < -0.39 is 0 Å². The molecule has 0 aromatic heterocycles. The van der Waals surface area contributed by atoms with Crippen molar-refractivity contribution in [2.75, 3.05) is 5.32 Å². The van der Waals surface area contributed by atoms with Gasteiger partial charge in [0.05, 0.1) is 17.3 Å². The third-order valence-electron chi connectivity index (χ3n) is 3.43. The Labute approximate surface area is 101 Å². The Morgan fingerprint density at radius 3 is 2.76 bits per heavy atom. The lowest BCUT2D eigenvalue weighted by Crippen LogP contribution is -2.18. The number of rotatable bonds is 2. The average molecular weight is 232 g/mol. The van der Waals surface area contributed by atoms with Crippen LogP contribution in [0.4, 0.5) is 10.1 Å². The van der Waals surface area contributed by atoms with Crippen molar-refractivity contribution in [1.82, 2.24) is 0 Å². The van der Waals surface area contributed by atoms with Gasteiger partial charge in [0, 0.05) is 6.04 Å². The zero-order valence-corrected chi connectivity index (χ0v) is 10.3. The van der Waals surface area contributed by atoms with Crippen LogP contribution in [0.3, 0.4) is 0 Å². The van der Waals surface area contributed by atoms with E-state index in [1.54, 1.807) is 12.1 Å². The molecule has 2 nitrogen and oxygen atoms in total. The van der Waals surface area contributed by atoms with Crippen molar-refractivity contribution in [3.63, 3.8) is 0 Å². The molecule has 1 aliphatic rings. The molecule has 1 fully saturated rings. The Hall–Kier alpha value is -1.56. The molecule has 0 aliphatic heterocycles. The van der Waals surface area contributed by atoms with Gasteiger partial charge in [-0.25, -0.2) is 4.39 Å². The van der Waals surface area contributed by atoms with Crippen molar-refractivity contribution in [3.05, 3.63) is 29.6 Å². The molecule has 3 heteroatoms. The number of benzene rings is 1. The molecular weight excluding hydrogens is 215 g/mol. The summed E-state index contributed by atoms with van der Waals surface area (Å²) in [7, 11) is 0. The van der Waals surface area contributed by atoms with Crippen molar-refractivity contribution in [2.24, 2.45) is 5.41 Å². The van der Waals surface area contributed by atoms with Crippen molar-refractivity contribution in [2.45, 2.75) is 39.2 Å². The number of halogens is 1. The third-order valence-corrected chi connectivity index (χ3v) is 3.43. The minimum Gasteiger partial charge on any atom is -0.380 e. The maximum Gasteiger partial charge on any atom is 0.147 e. The molecule has 0 heterocycles. The first-order valence-electron chi connectivity index (χ1n) is 5.96. The van der Waals surface area contributed by atoms with E-state index >= 15 is 0 Å². The molecule has 90 valence electrons. The molecule has 0 radical (unpaired) electrons. The molecule has 1 aromatic rings. The highest BCUT2D eigenvalue weighted by Crippen LogP contribution is 2.38. The van der Waals surface area contributed by atoms with Crippen LogP contribution in [0.1, 0.15) is 38.7 Å². The van der Waals surface area contributed by atoms with Gasteiger partial charge in [-0.1, -0.05) is 13.8 Å². The molecule has 0 saturated heterocycles. The lowest BCUT2D eigenvalue weighted by Gasteiger charge is -2.18. The number of hydrogen-bond donors (Lipinski definition) is 1. The minimum atomic E-state index is -0.339. The maximum absolute atomic E-state index is 13.7. The second-order valence-electron chi connectivity index (χ2n) is 5.55. The summed E-state index contributed by atoms with van der Waals surface area (Å²) in [5, 5.41) is 11.9. The van der Waals surface area contributed by atoms with Gasteiger partial charge in [-0.15, -0.1) is 0 Å².